The molecule has 0 spiro atoms. The summed E-state index contributed by atoms with van der Waals surface area (Å²) in [5, 5.41) is 0. The molecular weight excluding hydrogens is 566 g/mol. The lowest BCUT2D eigenvalue weighted by Crippen LogP contribution is -2.49. The zero-order chi connectivity index (χ0) is 31.3. The third-order valence-corrected chi connectivity index (χ3v) is 7.86. The number of alkyl halides is 2. The molecule has 1 amide bonds. The number of halogens is 2. The minimum absolute atomic E-state index is 0.00687. The summed E-state index contributed by atoms with van der Waals surface area (Å²) in [5.74, 6) is -7.20. The van der Waals surface area contributed by atoms with Gasteiger partial charge in [0.25, 0.3) is 11.9 Å². The van der Waals surface area contributed by atoms with E-state index in [2.05, 4.69) is 0 Å². The van der Waals surface area contributed by atoms with Gasteiger partial charge in [0.2, 0.25) is 11.0 Å². The van der Waals surface area contributed by atoms with E-state index in [1.54, 1.807) is 0 Å². The fourth-order valence-electron chi connectivity index (χ4n) is 5.61. The number of nitrogens with zero attached hydrogens (tertiary/aromatic N) is 2. The molecule has 1 fully saturated rings. The molecule has 44 heavy (non-hydrogen) atoms. The van der Waals surface area contributed by atoms with Gasteiger partial charge in [0, 0.05) is 31.6 Å². The van der Waals surface area contributed by atoms with Gasteiger partial charge in [-0.25, -0.2) is 4.84 Å². The smallest absolute Gasteiger partial charge is 0.349 e. The zero-order valence-corrected chi connectivity index (χ0v) is 24.4. The largest absolute Gasteiger partial charge is 0.460 e. The Balaban J connectivity index is 1.52. The van der Waals surface area contributed by atoms with Gasteiger partial charge in [-0.15, -0.1) is 0 Å². The van der Waals surface area contributed by atoms with Crippen molar-refractivity contribution in [1.29, 1.82) is 0 Å². The molecule has 1 aliphatic rings. The van der Waals surface area contributed by atoms with Gasteiger partial charge in [0.05, 0.1) is 10.8 Å². The van der Waals surface area contributed by atoms with Crippen LogP contribution in [0, 0.1) is 10.8 Å². The van der Waals surface area contributed by atoms with Crippen LogP contribution in [0.5, 0.6) is 0 Å². The minimum atomic E-state index is -3.72. The lowest BCUT2D eigenvalue weighted by atomic mass is 9.73. The first kappa shape index (κ1) is 30.5. The predicted molar refractivity (Wildman–Crippen MR) is 159 cm³/mol. The number of ether oxygens (including phenoxy) is 1. The molecule has 0 radical (unpaired) electrons. The van der Waals surface area contributed by atoms with Gasteiger partial charge in [0.15, 0.2) is 0 Å². The second-order valence-corrected chi connectivity index (χ2v) is 11.0. The molecule has 0 aromatic heterocycles. The fourth-order valence-corrected chi connectivity index (χ4v) is 5.61. The Hall–Kier alpha value is -4.92. The molecule has 7 nitrogen and oxygen atoms in total. The van der Waals surface area contributed by atoms with Gasteiger partial charge in [0.1, 0.15) is 12.5 Å². The molecule has 2 unspecified atom stereocenters. The maximum Gasteiger partial charge on any atom is 0.349 e. The van der Waals surface area contributed by atoms with Gasteiger partial charge < -0.3 is 9.64 Å². The highest BCUT2D eigenvalue weighted by atomic mass is 19.3. The van der Waals surface area contributed by atoms with Gasteiger partial charge >= 0.3 is 11.9 Å². The SMILES string of the molecule is CN(C)C(=O)C(F)(F)c1ccc(C[C@@H]2C(C(=O)OCc3ccccc3)C(c3ccccc3)[C@@H](c3ccccc3)O[N+]2=O)cc1. The topological polar surface area (TPSA) is 75.9 Å². The number of hydrogen-bond acceptors (Lipinski definition) is 5. The molecule has 5 rings (SSSR count). The highest BCUT2D eigenvalue weighted by Gasteiger charge is 2.57. The molecule has 1 saturated heterocycles. The standard InChI is InChI=1S/C35H33F2N2O5/c1-38(2)34(41)35(36,37)28-20-18-24(19-21-28)22-29-31(33(40)43-23-25-12-6-3-7-13-25)30(26-14-8-4-9-15-26)32(44-39(29)42)27-16-10-5-11-17-27/h3-21,29-32H,22-23H2,1-2H3/q+1/t29-,30?,31?,32-/m1/s1. The first-order valence-electron chi connectivity index (χ1n) is 14.3. The summed E-state index contributed by atoms with van der Waals surface area (Å²) in [6.45, 7) is 0.0177. The Morgan fingerprint density at radius 1 is 0.795 bits per heavy atom. The van der Waals surface area contributed by atoms with Crippen LogP contribution in [0.1, 0.15) is 39.8 Å². The molecule has 226 valence electrons. The molecule has 0 saturated carbocycles. The van der Waals surface area contributed by atoms with Crippen LogP contribution in [0.25, 0.3) is 0 Å². The van der Waals surface area contributed by atoms with Crippen LogP contribution in [0.4, 0.5) is 8.78 Å². The van der Waals surface area contributed by atoms with Gasteiger partial charge in [-0.2, -0.15) is 8.78 Å². The molecule has 4 aromatic carbocycles. The van der Waals surface area contributed by atoms with E-state index in [0.29, 0.717) is 10.5 Å². The number of amides is 1. The predicted octanol–water partition coefficient (Wildman–Crippen LogP) is 6.39. The normalized spacial score (nSPS) is 20.0. The Bertz CT molecular complexity index is 1580. The molecule has 1 heterocycles. The molecule has 4 aromatic rings. The molecule has 9 heteroatoms. The molecule has 0 bridgehead atoms. The third kappa shape index (κ3) is 6.51. The van der Waals surface area contributed by atoms with E-state index in [0.717, 1.165) is 21.6 Å². The van der Waals surface area contributed by atoms with Crippen molar-refractivity contribution in [2.24, 2.45) is 5.92 Å². The monoisotopic (exact) mass is 599 g/mol. The molecule has 0 aliphatic carbocycles. The number of hydrogen-bond donors (Lipinski definition) is 0. The highest BCUT2D eigenvalue weighted by molar-refractivity contribution is 5.84. The summed E-state index contributed by atoms with van der Waals surface area (Å²) in [6, 6.07) is 32.0. The Morgan fingerprint density at radius 2 is 1.34 bits per heavy atom. The molecule has 1 aliphatic heterocycles. The fraction of sp³-hybridized carbons (Fsp3) is 0.257. The quantitative estimate of drug-likeness (QED) is 0.209. The van der Waals surface area contributed by atoms with E-state index < -0.39 is 47.3 Å². The summed E-state index contributed by atoms with van der Waals surface area (Å²) in [5.41, 5.74) is 2.35. The van der Waals surface area contributed by atoms with Crippen LogP contribution in [-0.4, -0.2) is 41.8 Å². The van der Waals surface area contributed by atoms with Crippen molar-refractivity contribution < 1.29 is 32.9 Å². The van der Waals surface area contributed by atoms with Crippen molar-refractivity contribution >= 4 is 11.9 Å². The summed E-state index contributed by atoms with van der Waals surface area (Å²) < 4.78 is 35.3. The summed E-state index contributed by atoms with van der Waals surface area (Å²) in [4.78, 5) is 47.0. The second kappa shape index (κ2) is 13.2. The number of esters is 1. The Morgan fingerprint density at radius 3 is 1.91 bits per heavy atom. The molecular formula is C35H33F2N2O5+. The van der Waals surface area contributed by atoms with Crippen LogP contribution in [0.2, 0.25) is 0 Å². The van der Waals surface area contributed by atoms with Crippen LogP contribution in [0.15, 0.2) is 115 Å². The number of benzene rings is 4. The summed E-state index contributed by atoms with van der Waals surface area (Å²) in [7, 11) is 2.53. The van der Waals surface area contributed by atoms with E-state index in [-0.39, 0.29) is 13.0 Å². The van der Waals surface area contributed by atoms with Crippen molar-refractivity contribution in [1.82, 2.24) is 4.90 Å². The van der Waals surface area contributed by atoms with Crippen LogP contribution in [0.3, 0.4) is 0 Å². The first-order chi connectivity index (χ1) is 21.2. The van der Waals surface area contributed by atoms with Crippen molar-refractivity contribution in [3.05, 3.63) is 148 Å². The number of likely N-dealkylation sites (N-methyl/N-ethyl adjacent to an activating group) is 1. The van der Waals surface area contributed by atoms with E-state index >= 15 is 0 Å². The van der Waals surface area contributed by atoms with Crippen LogP contribution < -0.4 is 0 Å². The van der Waals surface area contributed by atoms with Crippen LogP contribution >= 0.6 is 0 Å². The number of carbonyl (C=O) groups excluding carboxylic acids is 2. The number of rotatable bonds is 9. The highest BCUT2D eigenvalue weighted by Crippen LogP contribution is 2.46. The van der Waals surface area contributed by atoms with Crippen LogP contribution in [-0.2, 0) is 38.1 Å². The van der Waals surface area contributed by atoms with E-state index in [1.165, 1.54) is 38.4 Å². The van der Waals surface area contributed by atoms with Crippen molar-refractivity contribution in [2.45, 2.75) is 37.0 Å². The van der Waals surface area contributed by atoms with Gasteiger partial charge in [-0.1, -0.05) is 115 Å². The van der Waals surface area contributed by atoms with E-state index in [4.69, 9.17) is 9.57 Å². The van der Waals surface area contributed by atoms with Crippen molar-refractivity contribution in [3.63, 3.8) is 0 Å². The lowest BCUT2D eigenvalue weighted by molar-refractivity contribution is -0.852. The van der Waals surface area contributed by atoms with Gasteiger partial charge in [-0.05, 0) is 16.7 Å². The maximum atomic E-state index is 14.8. The zero-order valence-electron chi connectivity index (χ0n) is 24.4. The average molecular weight is 600 g/mol. The van der Waals surface area contributed by atoms with E-state index in [9.17, 15) is 23.3 Å². The molecule has 0 N–H and O–H groups in total. The van der Waals surface area contributed by atoms with Crippen molar-refractivity contribution in [3.8, 4) is 0 Å². The lowest BCUT2D eigenvalue weighted by Gasteiger charge is -2.35. The maximum absolute atomic E-state index is 14.8. The second-order valence-electron chi connectivity index (χ2n) is 11.0. The van der Waals surface area contributed by atoms with Crippen molar-refractivity contribution in [2.75, 3.05) is 14.1 Å². The van der Waals surface area contributed by atoms with E-state index in [1.807, 2.05) is 91.0 Å². The third-order valence-electron chi connectivity index (χ3n) is 7.86. The summed E-state index contributed by atoms with van der Waals surface area (Å²) >= 11 is 0. The van der Waals surface area contributed by atoms with Gasteiger partial charge in [-0.3, -0.25) is 9.59 Å². The average Bonchev–Trinajstić information content (AvgIpc) is 3.05. The Kier molecular flexibility index (Phi) is 9.13. The first-order valence-corrected chi connectivity index (χ1v) is 14.3. The summed E-state index contributed by atoms with van der Waals surface area (Å²) in [6.07, 6.45) is -0.785. The number of carbonyl (C=O) groups is 2. The minimum Gasteiger partial charge on any atom is -0.460 e. The Labute approximate surface area is 254 Å². The molecule has 4 atom stereocenters.